The topological polar surface area (TPSA) is 63.2 Å². The number of alkyl halides is 1. The molecular weight excluding hydrogens is 571 g/mol. The lowest BCUT2D eigenvalue weighted by atomic mass is 9.80. The van der Waals surface area contributed by atoms with Gasteiger partial charge in [0.25, 0.3) is 0 Å². The van der Waals surface area contributed by atoms with Gasteiger partial charge in [-0.15, -0.1) is 0 Å². The predicted octanol–water partition coefficient (Wildman–Crippen LogP) is 5.74. The van der Waals surface area contributed by atoms with Gasteiger partial charge in [-0.1, -0.05) is 77.2 Å². The van der Waals surface area contributed by atoms with Crippen LogP contribution in [0, 0.1) is 5.92 Å². The molecule has 1 fully saturated rings. The molecule has 1 aliphatic heterocycles. The third-order valence-electron chi connectivity index (χ3n) is 6.48. The van der Waals surface area contributed by atoms with E-state index in [1.165, 1.54) is 6.92 Å². The van der Waals surface area contributed by atoms with Crippen LogP contribution in [0.25, 0.3) is 0 Å². The van der Waals surface area contributed by atoms with Crippen molar-refractivity contribution in [3.63, 3.8) is 0 Å². The van der Waals surface area contributed by atoms with Gasteiger partial charge in [0.2, 0.25) is 6.29 Å². The number of carbonyl (C=O) groups excluding carboxylic acids is 1. The van der Waals surface area contributed by atoms with E-state index in [-0.39, 0.29) is 18.0 Å². The van der Waals surface area contributed by atoms with Gasteiger partial charge in [0.15, 0.2) is 0 Å². The maximum atomic E-state index is 11.5. The molecule has 1 heterocycles. The highest BCUT2D eigenvalue weighted by Gasteiger charge is 2.42. The van der Waals surface area contributed by atoms with Gasteiger partial charge < -0.3 is 23.7 Å². The van der Waals surface area contributed by atoms with Crippen LogP contribution in [0.1, 0.15) is 30.0 Å². The third kappa shape index (κ3) is 5.68. The van der Waals surface area contributed by atoms with Gasteiger partial charge >= 0.3 is 5.97 Å². The predicted molar refractivity (Wildman–Crippen MR) is 146 cm³/mol. The number of carbonyl (C=O) groups is 1. The normalized spacial score (nSPS) is 19.6. The Morgan fingerprint density at radius 2 is 1.42 bits per heavy atom. The summed E-state index contributed by atoms with van der Waals surface area (Å²) in [4.78, 5) is 11.5. The highest BCUT2D eigenvalue weighted by Crippen LogP contribution is 2.43. The Bertz CT molecular complexity index is 1070. The second kappa shape index (κ2) is 12.1. The van der Waals surface area contributed by atoms with E-state index in [1.807, 2.05) is 66.7 Å². The largest absolute Gasteiger partial charge is 0.497 e. The van der Waals surface area contributed by atoms with E-state index >= 15 is 0 Å². The zero-order valence-electron chi connectivity index (χ0n) is 20.7. The lowest BCUT2D eigenvalue weighted by molar-refractivity contribution is -0.178. The molecule has 190 valence electrons. The molecule has 0 bridgehead atoms. The quantitative estimate of drug-likeness (QED) is 0.128. The molecule has 7 heteroatoms. The monoisotopic (exact) mass is 602 g/mol. The molecule has 0 aliphatic carbocycles. The Morgan fingerprint density at radius 1 is 0.889 bits per heavy atom. The van der Waals surface area contributed by atoms with Gasteiger partial charge in [0, 0.05) is 23.7 Å². The van der Waals surface area contributed by atoms with Crippen molar-refractivity contribution in [1.82, 2.24) is 0 Å². The minimum atomic E-state index is -0.918. The Hall–Kier alpha value is -2.62. The van der Waals surface area contributed by atoms with E-state index in [1.54, 1.807) is 14.2 Å². The molecule has 3 aromatic rings. The van der Waals surface area contributed by atoms with Gasteiger partial charge in [-0.3, -0.25) is 4.79 Å². The molecule has 1 unspecified atom stereocenters. The van der Waals surface area contributed by atoms with Crippen molar-refractivity contribution in [3.8, 4) is 11.5 Å². The Morgan fingerprint density at radius 3 is 1.89 bits per heavy atom. The molecule has 0 amide bonds. The van der Waals surface area contributed by atoms with Gasteiger partial charge in [0.05, 0.1) is 26.9 Å². The fourth-order valence-electron chi connectivity index (χ4n) is 4.64. The van der Waals surface area contributed by atoms with E-state index in [9.17, 15) is 4.79 Å². The van der Waals surface area contributed by atoms with E-state index < -0.39 is 11.9 Å². The Kier molecular flexibility index (Phi) is 8.87. The van der Waals surface area contributed by atoms with Gasteiger partial charge in [0.1, 0.15) is 17.1 Å². The van der Waals surface area contributed by atoms with Crippen LogP contribution >= 0.6 is 22.6 Å². The number of rotatable bonds is 10. The van der Waals surface area contributed by atoms with Gasteiger partial charge in [-0.25, -0.2) is 0 Å². The first-order valence-corrected chi connectivity index (χ1v) is 13.4. The molecule has 0 aromatic heterocycles. The maximum absolute atomic E-state index is 11.5. The van der Waals surface area contributed by atoms with Crippen molar-refractivity contribution in [3.05, 3.63) is 95.6 Å². The van der Waals surface area contributed by atoms with Crippen molar-refractivity contribution in [1.29, 1.82) is 0 Å². The van der Waals surface area contributed by atoms with Crippen LogP contribution in [-0.4, -0.2) is 43.6 Å². The summed E-state index contributed by atoms with van der Waals surface area (Å²) in [6, 6.07) is 26.0. The maximum Gasteiger partial charge on any atom is 0.304 e. The van der Waals surface area contributed by atoms with Gasteiger partial charge in [-0.2, -0.15) is 0 Å². The summed E-state index contributed by atoms with van der Waals surface area (Å²) in [6.45, 7) is 1.72. The second-order valence-electron chi connectivity index (χ2n) is 8.68. The lowest BCUT2D eigenvalue weighted by Gasteiger charge is -2.37. The molecule has 3 aromatic carbocycles. The molecule has 3 atom stereocenters. The van der Waals surface area contributed by atoms with Crippen molar-refractivity contribution < 1.29 is 28.5 Å². The van der Waals surface area contributed by atoms with E-state index in [2.05, 4.69) is 34.7 Å². The molecule has 0 spiro atoms. The molecule has 4 rings (SSSR count). The number of halogens is 1. The number of hydrogen-bond donors (Lipinski definition) is 0. The minimum absolute atomic E-state index is 0.204. The highest BCUT2D eigenvalue weighted by atomic mass is 127. The third-order valence-corrected chi connectivity index (χ3v) is 7.61. The van der Waals surface area contributed by atoms with Gasteiger partial charge in [-0.05, 0) is 41.0 Å². The Balaban J connectivity index is 1.77. The number of hydrogen-bond acceptors (Lipinski definition) is 6. The number of methoxy groups -OCH3 is 2. The summed E-state index contributed by atoms with van der Waals surface area (Å²) >= 11 is 2.36. The summed E-state index contributed by atoms with van der Waals surface area (Å²) < 4.78 is 30.2. The minimum Gasteiger partial charge on any atom is -0.497 e. The molecule has 0 saturated carbocycles. The summed E-state index contributed by atoms with van der Waals surface area (Å²) in [6.07, 6.45) is -0.116. The molecule has 1 saturated heterocycles. The average Bonchev–Trinajstić information content (AvgIpc) is 3.31. The standard InChI is InChI=1S/C29H31IO6/c1-20(31)35-28-17-21(18-30)27(36-28)19-34-29(22-7-5-4-6-8-22,23-9-13-25(32-2)14-10-23)24-11-15-26(33-3)16-12-24/h4-16,21,27-28H,17-19H2,1-3H3/t21-,27-,28?/m1/s1. The summed E-state index contributed by atoms with van der Waals surface area (Å²) in [5.41, 5.74) is 1.99. The molecule has 0 radical (unpaired) electrons. The van der Waals surface area contributed by atoms with E-state index in [0.717, 1.165) is 32.6 Å². The first-order chi connectivity index (χ1) is 17.5. The molecule has 6 nitrogen and oxygen atoms in total. The highest BCUT2D eigenvalue weighted by molar-refractivity contribution is 14.1. The molecule has 36 heavy (non-hydrogen) atoms. The number of ether oxygens (including phenoxy) is 5. The fraction of sp³-hybridized carbons (Fsp3) is 0.345. The average molecular weight is 602 g/mol. The molecular formula is C29H31IO6. The van der Waals surface area contributed by atoms with Crippen LogP contribution in [0.2, 0.25) is 0 Å². The molecule has 0 N–H and O–H groups in total. The van der Waals surface area contributed by atoms with Crippen molar-refractivity contribution >= 4 is 28.6 Å². The van der Waals surface area contributed by atoms with Crippen molar-refractivity contribution in [2.24, 2.45) is 5.92 Å². The summed E-state index contributed by atoms with van der Waals surface area (Å²) in [7, 11) is 3.31. The van der Waals surface area contributed by atoms with E-state index in [0.29, 0.717) is 13.0 Å². The second-order valence-corrected chi connectivity index (χ2v) is 9.56. The number of esters is 1. The zero-order valence-corrected chi connectivity index (χ0v) is 22.8. The first-order valence-electron chi connectivity index (χ1n) is 11.9. The summed E-state index contributed by atoms with van der Waals surface area (Å²) in [5.74, 6) is 1.39. The van der Waals surface area contributed by atoms with Crippen molar-refractivity contribution in [2.75, 3.05) is 25.3 Å². The summed E-state index contributed by atoms with van der Waals surface area (Å²) in [5, 5.41) is 0. The SMILES string of the molecule is COc1ccc(C(OC[C@H]2OC(OC(C)=O)C[C@@H]2CI)(c2ccccc2)c2ccc(OC)cc2)cc1. The lowest BCUT2D eigenvalue weighted by Crippen LogP contribution is -2.37. The first kappa shape index (κ1) is 26.4. The van der Waals surface area contributed by atoms with Crippen LogP contribution in [0.3, 0.4) is 0 Å². The van der Waals surface area contributed by atoms with Crippen LogP contribution < -0.4 is 9.47 Å². The molecule has 1 aliphatic rings. The van der Waals surface area contributed by atoms with Crippen LogP contribution in [-0.2, 0) is 24.6 Å². The van der Waals surface area contributed by atoms with Crippen LogP contribution in [0.4, 0.5) is 0 Å². The zero-order chi connectivity index (χ0) is 25.5. The smallest absolute Gasteiger partial charge is 0.304 e. The van der Waals surface area contributed by atoms with Crippen LogP contribution in [0.5, 0.6) is 11.5 Å². The van der Waals surface area contributed by atoms with E-state index in [4.69, 9.17) is 23.7 Å². The fourth-order valence-corrected chi connectivity index (χ4v) is 5.57. The number of benzene rings is 3. The van der Waals surface area contributed by atoms with Crippen molar-refractivity contribution in [2.45, 2.75) is 31.3 Å². The Labute approximate surface area is 226 Å². The van der Waals surface area contributed by atoms with Crippen LogP contribution in [0.15, 0.2) is 78.9 Å².